The Morgan fingerprint density at radius 1 is 1.38 bits per heavy atom. The van der Waals surface area contributed by atoms with Crippen LogP contribution in [0.4, 0.5) is 5.69 Å². The van der Waals surface area contributed by atoms with E-state index in [2.05, 4.69) is 0 Å². The minimum atomic E-state index is -3.15. The fourth-order valence-electron chi connectivity index (χ4n) is 3.01. The molecule has 0 bridgehead atoms. The SMILES string of the molecule is CCN(C(=O)COC(=O)c1cccc(C)c1[N+](=O)[O-])C1CCS(=O)(=O)C1. The molecular formula is C16H20N2O7S. The molecule has 0 saturated carbocycles. The molecule has 1 aliphatic heterocycles. The molecule has 0 radical (unpaired) electrons. The molecule has 1 aromatic rings. The number of rotatable bonds is 6. The van der Waals surface area contributed by atoms with Crippen LogP contribution in [0.5, 0.6) is 0 Å². The number of benzene rings is 1. The van der Waals surface area contributed by atoms with Gasteiger partial charge in [-0.2, -0.15) is 0 Å². The van der Waals surface area contributed by atoms with Crippen molar-refractivity contribution in [2.45, 2.75) is 26.3 Å². The number of nitro groups is 1. The molecule has 2 rings (SSSR count). The number of nitrogens with zero attached hydrogens (tertiary/aromatic N) is 2. The van der Waals surface area contributed by atoms with Crippen molar-refractivity contribution >= 4 is 27.4 Å². The number of ether oxygens (including phenoxy) is 1. The lowest BCUT2D eigenvalue weighted by Crippen LogP contribution is -2.43. The Morgan fingerprint density at radius 3 is 2.62 bits per heavy atom. The fraction of sp³-hybridized carbons (Fsp3) is 0.500. The van der Waals surface area contributed by atoms with Crippen molar-refractivity contribution < 1.29 is 27.7 Å². The largest absolute Gasteiger partial charge is 0.452 e. The third kappa shape index (κ3) is 4.37. The van der Waals surface area contributed by atoms with Gasteiger partial charge in [0.05, 0.1) is 16.4 Å². The van der Waals surface area contributed by atoms with E-state index in [-0.39, 0.29) is 29.3 Å². The molecule has 1 atom stereocenters. The molecule has 1 saturated heterocycles. The third-order valence-electron chi connectivity index (χ3n) is 4.28. The summed E-state index contributed by atoms with van der Waals surface area (Å²) in [5.74, 6) is -1.58. The smallest absolute Gasteiger partial charge is 0.345 e. The highest BCUT2D eigenvalue weighted by Gasteiger charge is 2.34. The number of para-hydroxylation sites is 1. The molecule has 1 amide bonds. The summed E-state index contributed by atoms with van der Waals surface area (Å²) < 4.78 is 28.1. The summed E-state index contributed by atoms with van der Waals surface area (Å²) in [4.78, 5) is 36.3. The van der Waals surface area contributed by atoms with Gasteiger partial charge in [0.2, 0.25) is 0 Å². The predicted octanol–water partition coefficient (Wildman–Crippen LogP) is 1.10. The number of nitro benzene ring substituents is 1. The van der Waals surface area contributed by atoms with Crippen LogP contribution in [-0.4, -0.2) is 60.8 Å². The van der Waals surface area contributed by atoms with Gasteiger partial charge >= 0.3 is 5.97 Å². The van der Waals surface area contributed by atoms with Crippen molar-refractivity contribution in [2.24, 2.45) is 0 Å². The van der Waals surface area contributed by atoms with Crippen LogP contribution in [-0.2, 0) is 19.4 Å². The number of hydrogen-bond acceptors (Lipinski definition) is 7. The normalized spacial score (nSPS) is 18.3. The number of carbonyl (C=O) groups excluding carboxylic acids is 2. The fourth-order valence-corrected chi connectivity index (χ4v) is 4.74. The number of likely N-dealkylation sites (N-methyl/N-ethyl adjacent to an activating group) is 1. The molecular weight excluding hydrogens is 364 g/mol. The molecule has 1 aliphatic rings. The van der Waals surface area contributed by atoms with Gasteiger partial charge in [-0.05, 0) is 26.3 Å². The van der Waals surface area contributed by atoms with Crippen LogP contribution in [0.3, 0.4) is 0 Å². The number of aryl methyl sites for hydroxylation is 1. The monoisotopic (exact) mass is 384 g/mol. The van der Waals surface area contributed by atoms with Crippen LogP contribution >= 0.6 is 0 Å². The summed E-state index contributed by atoms with van der Waals surface area (Å²) in [7, 11) is -3.15. The van der Waals surface area contributed by atoms with Gasteiger partial charge in [-0.1, -0.05) is 12.1 Å². The Balaban J connectivity index is 2.06. The highest BCUT2D eigenvalue weighted by molar-refractivity contribution is 7.91. The summed E-state index contributed by atoms with van der Waals surface area (Å²) in [6.45, 7) is 2.88. The van der Waals surface area contributed by atoms with Gasteiger partial charge in [-0.3, -0.25) is 14.9 Å². The van der Waals surface area contributed by atoms with Crippen molar-refractivity contribution in [1.82, 2.24) is 4.90 Å². The van der Waals surface area contributed by atoms with E-state index in [0.717, 1.165) is 0 Å². The zero-order valence-electron chi connectivity index (χ0n) is 14.5. The second-order valence-electron chi connectivity index (χ2n) is 6.04. The third-order valence-corrected chi connectivity index (χ3v) is 6.03. The number of sulfone groups is 1. The minimum Gasteiger partial charge on any atom is -0.452 e. The first-order chi connectivity index (χ1) is 12.2. The van der Waals surface area contributed by atoms with E-state index >= 15 is 0 Å². The maximum atomic E-state index is 12.3. The van der Waals surface area contributed by atoms with Crippen molar-refractivity contribution in [3.05, 3.63) is 39.4 Å². The Labute approximate surface area is 151 Å². The Hall–Kier alpha value is -2.49. The zero-order valence-corrected chi connectivity index (χ0v) is 15.3. The van der Waals surface area contributed by atoms with E-state index in [1.807, 2.05) is 0 Å². The van der Waals surface area contributed by atoms with Gasteiger partial charge in [0, 0.05) is 18.2 Å². The second-order valence-corrected chi connectivity index (χ2v) is 8.27. The van der Waals surface area contributed by atoms with Gasteiger partial charge in [0.25, 0.3) is 11.6 Å². The highest BCUT2D eigenvalue weighted by atomic mass is 32.2. The lowest BCUT2D eigenvalue weighted by Gasteiger charge is -2.26. The Kier molecular flexibility index (Phi) is 5.96. The maximum Gasteiger partial charge on any atom is 0.345 e. The topological polar surface area (TPSA) is 124 Å². The molecule has 26 heavy (non-hydrogen) atoms. The standard InChI is InChI=1S/C16H20N2O7S/c1-3-17(12-7-8-26(23,24)10-12)14(19)9-25-16(20)13-6-4-5-11(2)15(13)18(21)22/h4-6,12H,3,7-10H2,1-2H3. The lowest BCUT2D eigenvalue weighted by atomic mass is 10.1. The van der Waals surface area contributed by atoms with E-state index in [1.54, 1.807) is 6.92 Å². The maximum absolute atomic E-state index is 12.3. The summed E-state index contributed by atoms with van der Waals surface area (Å²) in [5, 5.41) is 11.1. The molecule has 0 N–H and O–H groups in total. The van der Waals surface area contributed by atoms with Gasteiger partial charge in [0.1, 0.15) is 5.56 Å². The van der Waals surface area contributed by atoms with E-state index in [0.29, 0.717) is 12.0 Å². The first-order valence-corrected chi connectivity index (χ1v) is 9.89. The summed E-state index contributed by atoms with van der Waals surface area (Å²) in [5.41, 5.74) is -0.282. The predicted molar refractivity (Wildman–Crippen MR) is 92.6 cm³/mol. The van der Waals surface area contributed by atoms with Crippen LogP contribution in [0.15, 0.2) is 18.2 Å². The highest BCUT2D eigenvalue weighted by Crippen LogP contribution is 2.24. The number of hydrogen-bond donors (Lipinski definition) is 0. The molecule has 10 heteroatoms. The molecule has 1 aromatic carbocycles. The van der Waals surface area contributed by atoms with Crippen molar-refractivity contribution in [1.29, 1.82) is 0 Å². The molecule has 9 nitrogen and oxygen atoms in total. The lowest BCUT2D eigenvalue weighted by molar-refractivity contribution is -0.385. The zero-order chi connectivity index (χ0) is 19.5. The second kappa shape index (κ2) is 7.81. The van der Waals surface area contributed by atoms with Gasteiger partial charge in [-0.25, -0.2) is 13.2 Å². The average molecular weight is 384 g/mol. The summed E-state index contributed by atoms with van der Waals surface area (Å²) in [6.07, 6.45) is 0.346. The number of amides is 1. The van der Waals surface area contributed by atoms with Gasteiger partial charge < -0.3 is 9.64 Å². The van der Waals surface area contributed by atoms with E-state index in [9.17, 15) is 28.1 Å². The van der Waals surface area contributed by atoms with Crippen molar-refractivity contribution in [3.8, 4) is 0 Å². The van der Waals surface area contributed by atoms with Gasteiger partial charge in [0.15, 0.2) is 16.4 Å². The molecule has 142 valence electrons. The van der Waals surface area contributed by atoms with Gasteiger partial charge in [-0.15, -0.1) is 0 Å². The number of carbonyl (C=O) groups is 2. The Bertz CT molecular complexity index is 835. The average Bonchev–Trinajstić information content (AvgIpc) is 2.92. The molecule has 0 aliphatic carbocycles. The van der Waals surface area contributed by atoms with E-state index < -0.39 is 39.3 Å². The Morgan fingerprint density at radius 2 is 2.08 bits per heavy atom. The molecule has 1 fully saturated rings. The van der Waals surface area contributed by atoms with E-state index in [4.69, 9.17) is 4.74 Å². The quantitative estimate of drug-likeness (QED) is 0.408. The van der Waals surface area contributed by atoms with Crippen LogP contribution < -0.4 is 0 Å². The van der Waals surface area contributed by atoms with Crippen LogP contribution in [0.1, 0.15) is 29.3 Å². The first-order valence-electron chi connectivity index (χ1n) is 8.07. The van der Waals surface area contributed by atoms with Crippen LogP contribution in [0, 0.1) is 17.0 Å². The van der Waals surface area contributed by atoms with Crippen molar-refractivity contribution in [2.75, 3.05) is 24.7 Å². The van der Waals surface area contributed by atoms with Crippen molar-refractivity contribution in [3.63, 3.8) is 0 Å². The van der Waals surface area contributed by atoms with E-state index in [1.165, 1.54) is 30.0 Å². The minimum absolute atomic E-state index is 0.0245. The first kappa shape index (κ1) is 19.8. The number of esters is 1. The molecule has 0 aromatic heterocycles. The van der Waals surface area contributed by atoms with Crippen LogP contribution in [0.2, 0.25) is 0 Å². The molecule has 1 heterocycles. The van der Waals surface area contributed by atoms with Crippen LogP contribution in [0.25, 0.3) is 0 Å². The summed E-state index contributed by atoms with van der Waals surface area (Å²) in [6, 6.07) is 3.81. The summed E-state index contributed by atoms with van der Waals surface area (Å²) >= 11 is 0. The molecule has 0 spiro atoms. The molecule has 1 unspecified atom stereocenters.